The van der Waals surface area contributed by atoms with Crippen LogP contribution in [0.5, 0.6) is 0 Å². The Kier molecular flexibility index (Phi) is 4.80. The highest BCUT2D eigenvalue weighted by Crippen LogP contribution is 2.34. The quantitative estimate of drug-likeness (QED) is 0.583. The van der Waals surface area contributed by atoms with Crippen molar-refractivity contribution in [2.24, 2.45) is 0 Å². The van der Waals surface area contributed by atoms with Crippen LogP contribution in [0.2, 0.25) is 5.02 Å². The van der Waals surface area contributed by atoms with Gasteiger partial charge < -0.3 is 4.90 Å². The fraction of sp³-hybridized carbons (Fsp3) is 0.214. The first kappa shape index (κ1) is 15.7. The standard InChI is InChI=1S/C14H13BrClN3O2/c1-9(11-5-3-4-6-12(11)16)18(2)14-13(19(20)21)7-10(15)8-17-14/h3-9H,1-2H3. The van der Waals surface area contributed by atoms with Gasteiger partial charge in [-0.25, -0.2) is 4.98 Å². The van der Waals surface area contributed by atoms with Gasteiger partial charge in [0, 0.05) is 28.8 Å². The third-order valence-electron chi connectivity index (χ3n) is 3.28. The molecule has 7 heteroatoms. The molecule has 0 amide bonds. The first-order valence-electron chi connectivity index (χ1n) is 6.19. The Bertz CT molecular complexity index is 681. The lowest BCUT2D eigenvalue weighted by Gasteiger charge is -2.26. The van der Waals surface area contributed by atoms with Gasteiger partial charge in [0.05, 0.1) is 11.0 Å². The maximum atomic E-state index is 11.2. The summed E-state index contributed by atoms with van der Waals surface area (Å²) in [5.74, 6) is 0.301. The summed E-state index contributed by atoms with van der Waals surface area (Å²) in [6, 6.07) is 8.72. The predicted molar refractivity (Wildman–Crippen MR) is 86.9 cm³/mol. The maximum absolute atomic E-state index is 11.2. The molecule has 5 nitrogen and oxygen atoms in total. The van der Waals surface area contributed by atoms with Gasteiger partial charge >= 0.3 is 5.69 Å². The second-order valence-electron chi connectivity index (χ2n) is 4.56. The molecule has 0 aliphatic rings. The summed E-state index contributed by atoms with van der Waals surface area (Å²) in [6.45, 7) is 1.93. The summed E-state index contributed by atoms with van der Waals surface area (Å²) in [5, 5.41) is 11.8. The molecule has 0 saturated heterocycles. The summed E-state index contributed by atoms with van der Waals surface area (Å²) in [6.07, 6.45) is 1.54. The van der Waals surface area contributed by atoms with Gasteiger partial charge in [-0.05, 0) is 34.5 Å². The van der Waals surface area contributed by atoms with Crippen molar-refractivity contribution in [3.63, 3.8) is 0 Å². The van der Waals surface area contributed by atoms with Crippen LogP contribution >= 0.6 is 27.5 Å². The molecule has 1 unspecified atom stereocenters. The first-order valence-corrected chi connectivity index (χ1v) is 7.36. The number of nitro groups is 1. The van der Waals surface area contributed by atoms with E-state index in [4.69, 9.17) is 11.6 Å². The zero-order valence-electron chi connectivity index (χ0n) is 11.5. The third kappa shape index (κ3) is 3.33. The van der Waals surface area contributed by atoms with Crippen molar-refractivity contribution in [3.05, 3.63) is 61.7 Å². The second kappa shape index (κ2) is 6.41. The molecule has 0 spiro atoms. The number of pyridine rings is 1. The Balaban J connectivity index is 2.43. The minimum atomic E-state index is -0.442. The smallest absolute Gasteiger partial charge is 0.312 e. The normalized spacial score (nSPS) is 12.0. The van der Waals surface area contributed by atoms with E-state index in [1.807, 2.05) is 25.1 Å². The number of rotatable bonds is 4. The lowest BCUT2D eigenvalue weighted by atomic mass is 10.1. The van der Waals surface area contributed by atoms with Crippen LogP contribution in [0.1, 0.15) is 18.5 Å². The maximum Gasteiger partial charge on any atom is 0.312 e. The molecule has 0 bridgehead atoms. The molecule has 1 heterocycles. The molecule has 0 N–H and O–H groups in total. The van der Waals surface area contributed by atoms with E-state index in [0.717, 1.165) is 5.56 Å². The van der Waals surface area contributed by atoms with E-state index in [9.17, 15) is 10.1 Å². The Labute approximate surface area is 135 Å². The molecular weight excluding hydrogens is 358 g/mol. The number of halogens is 2. The Morgan fingerprint density at radius 1 is 1.43 bits per heavy atom. The number of benzene rings is 1. The minimum absolute atomic E-state index is 0.0502. The largest absolute Gasteiger partial charge is 0.347 e. The van der Waals surface area contributed by atoms with Gasteiger partial charge in [-0.3, -0.25) is 10.1 Å². The number of anilines is 1. The van der Waals surface area contributed by atoms with Gasteiger partial charge in [0.1, 0.15) is 0 Å². The molecule has 2 rings (SSSR count). The van der Waals surface area contributed by atoms with Gasteiger partial charge in [-0.1, -0.05) is 29.8 Å². The Hall–Kier alpha value is -1.66. The lowest BCUT2D eigenvalue weighted by Crippen LogP contribution is -2.23. The molecule has 21 heavy (non-hydrogen) atoms. The van der Waals surface area contributed by atoms with Crippen molar-refractivity contribution in [1.82, 2.24) is 4.98 Å². The van der Waals surface area contributed by atoms with Crippen LogP contribution in [0, 0.1) is 10.1 Å². The molecule has 0 fully saturated rings. The lowest BCUT2D eigenvalue weighted by molar-refractivity contribution is -0.384. The average Bonchev–Trinajstić information content (AvgIpc) is 2.46. The van der Waals surface area contributed by atoms with Gasteiger partial charge in [-0.2, -0.15) is 0 Å². The highest BCUT2D eigenvalue weighted by atomic mass is 79.9. The molecule has 1 aromatic carbocycles. The van der Waals surface area contributed by atoms with E-state index in [1.165, 1.54) is 12.3 Å². The van der Waals surface area contributed by atoms with Crippen molar-refractivity contribution in [2.45, 2.75) is 13.0 Å². The fourth-order valence-electron chi connectivity index (χ4n) is 2.03. The van der Waals surface area contributed by atoms with E-state index < -0.39 is 4.92 Å². The van der Waals surface area contributed by atoms with Crippen molar-refractivity contribution < 1.29 is 4.92 Å². The number of hydrogen-bond donors (Lipinski definition) is 0. The average molecular weight is 371 g/mol. The molecule has 0 aliphatic carbocycles. The summed E-state index contributed by atoms with van der Waals surface area (Å²) in [4.78, 5) is 16.7. The molecule has 0 radical (unpaired) electrons. The van der Waals surface area contributed by atoms with E-state index >= 15 is 0 Å². The first-order chi connectivity index (χ1) is 9.91. The minimum Gasteiger partial charge on any atom is -0.347 e. The monoisotopic (exact) mass is 369 g/mol. The molecule has 1 aromatic heterocycles. The van der Waals surface area contributed by atoms with E-state index in [-0.39, 0.29) is 11.7 Å². The summed E-state index contributed by atoms with van der Waals surface area (Å²) < 4.78 is 0.566. The Morgan fingerprint density at radius 2 is 2.10 bits per heavy atom. The van der Waals surface area contributed by atoms with Crippen LogP contribution < -0.4 is 4.90 Å². The molecular formula is C14H13BrClN3O2. The van der Waals surface area contributed by atoms with Crippen LogP contribution in [0.25, 0.3) is 0 Å². The van der Waals surface area contributed by atoms with Crippen LogP contribution in [0.4, 0.5) is 11.5 Å². The Morgan fingerprint density at radius 3 is 2.71 bits per heavy atom. The van der Waals surface area contributed by atoms with Crippen molar-refractivity contribution in [2.75, 3.05) is 11.9 Å². The van der Waals surface area contributed by atoms with Crippen molar-refractivity contribution >= 4 is 39.0 Å². The predicted octanol–water partition coefficient (Wildman–Crippen LogP) is 4.60. The molecule has 0 saturated carbocycles. The van der Waals surface area contributed by atoms with Crippen LogP contribution in [-0.4, -0.2) is 17.0 Å². The topological polar surface area (TPSA) is 59.3 Å². The van der Waals surface area contributed by atoms with Gasteiger partial charge in [0.2, 0.25) is 5.82 Å². The van der Waals surface area contributed by atoms with E-state index in [0.29, 0.717) is 15.3 Å². The molecule has 0 aliphatic heterocycles. The SMILES string of the molecule is CC(c1ccccc1Cl)N(C)c1ncc(Br)cc1[N+](=O)[O-]. The zero-order valence-corrected chi connectivity index (χ0v) is 13.8. The molecule has 110 valence electrons. The van der Waals surface area contributed by atoms with Gasteiger partial charge in [-0.15, -0.1) is 0 Å². The van der Waals surface area contributed by atoms with E-state index in [2.05, 4.69) is 20.9 Å². The van der Waals surface area contributed by atoms with Crippen LogP contribution in [0.3, 0.4) is 0 Å². The van der Waals surface area contributed by atoms with Gasteiger partial charge in [0.15, 0.2) is 0 Å². The number of aromatic nitrogens is 1. The molecule has 2 aromatic rings. The van der Waals surface area contributed by atoms with Crippen LogP contribution in [0.15, 0.2) is 41.0 Å². The fourth-order valence-corrected chi connectivity index (χ4v) is 2.65. The van der Waals surface area contributed by atoms with Gasteiger partial charge in [0.25, 0.3) is 0 Å². The molecule has 1 atom stereocenters. The van der Waals surface area contributed by atoms with Crippen molar-refractivity contribution in [3.8, 4) is 0 Å². The zero-order chi connectivity index (χ0) is 15.6. The summed E-state index contributed by atoms with van der Waals surface area (Å²) in [5.41, 5.74) is 0.839. The van der Waals surface area contributed by atoms with E-state index in [1.54, 1.807) is 18.0 Å². The second-order valence-corrected chi connectivity index (χ2v) is 5.88. The third-order valence-corrected chi connectivity index (χ3v) is 4.06. The van der Waals surface area contributed by atoms with Crippen LogP contribution in [-0.2, 0) is 0 Å². The summed E-state index contributed by atoms with van der Waals surface area (Å²) in [7, 11) is 1.76. The number of nitrogens with zero attached hydrogens (tertiary/aromatic N) is 3. The summed E-state index contributed by atoms with van der Waals surface area (Å²) >= 11 is 9.39. The highest BCUT2D eigenvalue weighted by Gasteiger charge is 2.24. The van der Waals surface area contributed by atoms with Crippen molar-refractivity contribution in [1.29, 1.82) is 0 Å². The highest BCUT2D eigenvalue weighted by molar-refractivity contribution is 9.10. The number of hydrogen-bond acceptors (Lipinski definition) is 4.